The van der Waals surface area contributed by atoms with E-state index in [0.717, 1.165) is 29.5 Å². The predicted octanol–water partition coefficient (Wildman–Crippen LogP) is 3.74. The Labute approximate surface area is 200 Å². The summed E-state index contributed by atoms with van der Waals surface area (Å²) in [5.41, 5.74) is 2.08. The van der Waals surface area contributed by atoms with Gasteiger partial charge in [0, 0.05) is 18.5 Å². The van der Waals surface area contributed by atoms with E-state index in [1.807, 2.05) is 48.5 Å². The molecule has 8 nitrogen and oxygen atoms in total. The lowest BCUT2D eigenvalue weighted by molar-refractivity contribution is -0.118. The number of para-hydroxylation sites is 1. The van der Waals surface area contributed by atoms with Gasteiger partial charge in [0.2, 0.25) is 11.5 Å². The zero-order valence-electron chi connectivity index (χ0n) is 18.8. The minimum atomic E-state index is -0.252. The maximum absolute atomic E-state index is 13.4. The van der Waals surface area contributed by atoms with Crippen LogP contribution < -0.4 is 15.6 Å². The lowest BCUT2D eigenvalue weighted by Gasteiger charge is -2.15. The third kappa shape index (κ3) is 4.67. The molecule has 5 rings (SSSR count). The highest BCUT2D eigenvalue weighted by molar-refractivity contribution is 7.99. The number of thioether (sulfide) groups is 1. The average molecular weight is 480 g/mol. The lowest BCUT2D eigenvalue weighted by Crippen LogP contribution is -2.29. The second-order valence-electron chi connectivity index (χ2n) is 8.13. The van der Waals surface area contributed by atoms with E-state index < -0.39 is 0 Å². The van der Waals surface area contributed by atoms with Crippen molar-refractivity contribution in [1.29, 1.82) is 0 Å². The Kier molecular flexibility index (Phi) is 6.55. The molecule has 0 bridgehead atoms. The van der Waals surface area contributed by atoms with Gasteiger partial charge in [-0.2, -0.15) is 0 Å². The van der Waals surface area contributed by atoms with Crippen molar-refractivity contribution in [2.24, 2.45) is 0 Å². The summed E-state index contributed by atoms with van der Waals surface area (Å²) in [5.74, 6) is 0.758. The van der Waals surface area contributed by atoms with Crippen LogP contribution in [-0.4, -0.2) is 41.0 Å². The van der Waals surface area contributed by atoms with E-state index in [9.17, 15) is 9.59 Å². The van der Waals surface area contributed by atoms with Gasteiger partial charge < -0.3 is 19.2 Å². The Hall–Kier alpha value is -3.30. The molecular formula is C25H25N3O5S. The van der Waals surface area contributed by atoms with Gasteiger partial charge in [-0.1, -0.05) is 36.0 Å². The third-order valence-corrected chi connectivity index (χ3v) is 6.81. The Morgan fingerprint density at radius 3 is 2.82 bits per heavy atom. The molecular weight excluding hydrogens is 454 g/mol. The van der Waals surface area contributed by atoms with Crippen molar-refractivity contribution in [2.75, 3.05) is 19.5 Å². The molecule has 1 saturated heterocycles. The number of amides is 1. The Balaban J connectivity index is 1.37. The summed E-state index contributed by atoms with van der Waals surface area (Å²) in [4.78, 5) is 30.7. The zero-order valence-corrected chi connectivity index (χ0v) is 19.6. The molecule has 1 N–H and O–H groups in total. The van der Waals surface area contributed by atoms with Gasteiger partial charge in [-0.3, -0.25) is 14.2 Å². The number of ether oxygens (including phenoxy) is 2. The second-order valence-corrected chi connectivity index (χ2v) is 9.08. The summed E-state index contributed by atoms with van der Waals surface area (Å²) in [6.07, 6.45) is 1.80. The van der Waals surface area contributed by atoms with Crippen LogP contribution in [0, 0.1) is 0 Å². The van der Waals surface area contributed by atoms with Gasteiger partial charge in [-0.25, -0.2) is 4.98 Å². The third-order valence-electron chi connectivity index (χ3n) is 5.84. The van der Waals surface area contributed by atoms with E-state index >= 15 is 0 Å². The van der Waals surface area contributed by atoms with Crippen molar-refractivity contribution in [2.45, 2.75) is 37.2 Å². The molecule has 34 heavy (non-hydrogen) atoms. The molecule has 3 heterocycles. The van der Waals surface area contributed by atoms with E-state index in [-0.39, 0.29) is 28.9 Å². The number of hydrogen-bond donors (Lipinski definition) is 1. The first kappa shape index (κ1) is 22.5. The number of rotatable bonds is 8. The van der Waals surface area contributed by atoms with E-state index in [1.54, 1.807) is 11.7 Å². The van der Waals surface area contributed by atoms with Gasteiger partial charge in [0.05, 0.1) is 25.5 Å². The van der Waals surface area contributed by atoms with E-state index in [1.165, 1.54) is 11.8 Å². The number of carbonyl (C=O) groups excluding carboxylic acids is 1. The van der Waals surface area contributed by atoms with Gasteiger partial charge in [-0.05, 0) is 42.7 Å². The van der Waals surface area contributed by atoms with E-state index in [0.29, 0.717) is 36.0 Å². The van der Waals surface area contributed by atoms with Crippen LogP contribution in [0.4, 0.5) is 0 Å². The summed E-state index contributed by atoms with van der Waals surface area (Å²) in [6.45, 7) is 1.48. The minimum Gasteiger partial charge on any atom is -0.497 e. The number of aromatic nitrogens is 2. The van der Waals surface area contributed by atoms with E-state index in [2.05, 4.69) is 5.32 Å². The molecule has 0 radical (unpaired) electrons. The Morgan fingerprint density at radius 1 is 1.24 bits per heavy atom. The monoisotopic (exact) mass is 479 g/mol. The molecule has 2 aromatic carbocycles. The van der Waals surface area contributed by atoms with Crippen LogP contribution in [0.5, 0.6) is 5.75 Å². The molecule has 9 heteroatoms. The Bertz CT molecular complexity index is 1370. The summed E-state index contributed by atoms with van der Waals surface area (Å²) >= 11 is 1.24. The second kappa shape index (κ2) is 9.90. The fraction of sp³-hybridized carbons (Fsp3) is 0.320. The standard InChI is InChI=1S/C25H25N3O5S/c1-31-17-10-8-16(9-11-17)13-26-21(29)15-34-25-27-22-19-6-2-3-7-20(19)33-23(22)24(30)28(25)14-18-5-4-12-32-18/h2-3,6-11,18H,4-5,12-15H2,1H3,(H,26,29)/t18-/m1/s1. The molecule has 1 fully saturated rings. The molecule has 0 saturated carbocycles. The SMILES string of the molecule is COc1ccc(CNC(=O)CSc2nc3c(oc4ccccc43)c(=O)n2C[C@H]2CCCO2)cc1. The lowest BCUT2D eigenvalue weighted by atomic mass is 10.2. The summed E-state index contributed by atoms with van der Waals surface area (Å²) < 4.78 is 18.3. The van der Waals surface area contributed by atoms with Gasteiger partial charge in [0.15, 0.2) is 5.16 Å². The van der Waals surface area contributed by atoms with Gasteiger partial charge in [0.1, 0.15) is 16.8 Å². The van der Waals surface area contributed by atoms with Gasteiger partial charge in [0.25, 0.3) is 5.56 Å². The van der Waals surface area contributed by atoms with Crippen LogP contribution in [-0.2, 0) is 22.6 Å². The number of carbonyl (C=O) groups is 1. The summed E-state index contributed by atoms with van der Waals surface area (Å²) in [7, 11) is 1.62. The van der Waals surface area contributed by atoms with Crippen molar-refractivity contribution in [3.8, 4) is 5.75 Å². The zero-order chi connectivity index (χ0) is 23.5. The van der Waals surface area contributed by atoms with Crippen LogP contribution >= 0.6 is 11.8 Å². The average Bonchev–Trinajstić information content (AvgIpc) is 3.51. The molecule has 0 unspecified atom stereocenters. The predicted molar refractivity (Wildman–Crippen MR) is 130 cm³/mol. The van der Waals surface area contributed by atoms with Crippen molar-refractivity contribution in [1.82, 2.24) is 14.9 Å². The number of nitrogens with one attached hydrogen (secondary N) is 1. The quantitative estimate of drug-likeness (QED) is 0.304. The summed E-state index contributed by atoms with van der Waals surface area (Å²) in [6, 6.07) is 15.0. The molecule has 1 atom stereocenters. The summed E-state index contributed by atoms with van der Waals surface area (Å²) in [5, 5.41) is 4.18. The van der Waals surface area contributed by atoms with Gasteiger partial charge in [-0.15, -0.1) is 0 Å². The highest BCUT2D eigenvalue weighted by Crippen LogP contribution is 2.28. The molecule has 1 amide bonds. The van der Waals surface area contributed by atoms with Crippen LogP contribution in [0.15, 0.2) is 62.9 Å². The minimum absolute atomic E-state index is 0.0513. The largest absolute Gasteiger partial charge is 0.497 e. The fourth-order valence-corrected chi connectivity index (χ4v) is 4.87. The number of furan rings is 1. The first-order chi connectivity index (χ1) is 16.6. The Morgan fingerprint density at radius 2 is 2.06 bits per heavy atom. The molecule has 4 aromatic rings. The number of nitrogens with zero attached hydrogens (tertiary/aromatic N) is 2. The number of methoxy groups -OCH3 is 1. The smallest absolute Gasteiger partial charge is 0.297 e. The number of fused-ring (bicyclic) bond motifs is 3. The highest BCUT2D eigenvalue weighted by atomic mass is 32.2. The van der Waals surface area contributed by atoms with Crippen LogP contribution in [0.25, 0.3) is 22.1 Å². The maximum atomic E-state index is 13.4. The maximum Gasteiger partial charge on any atom is 0.297 e. The van der Waals surface area contributed by atoms with Crippen LogP contribution in [0.2, 0.25) is 0 Å². The molecule has 0 spiro atoms. The van der Waals surface area contributed by atoms with Crippen LogP contribution in [0.1, 0.15) is 18.4 Å². The molecule has 2 aromatic heterocycles. The first-order valence-corrected chi connectivity index (χ1v) is 12.2. The molecule has 176 valence electrons. The molecule has 0 aliphatic carbocycles. The van der Waals surface area contributed by atoms with Crippen molar-refractivity contribution < 1.29 is 18.7 Å². The first-order valence-electron chi connectivity index (χ1n) is 11.2. The topological polar surface area (TPSA) is 95.6 Å². The fourth-order valence-electron chi connectivity index (χ4n) is 4.04. The van der Waals surface area contributed by atoms with Crippen LogP contribution in [0.3, 0.4) is 0 Å². The molecule has 1 aliphatic rings. The van der Waals surface area contributed by atoms with Crippen molar-refractivity contribution in [3.05, 3.63) is 64.4 Å². The molecule has 1 aliphatic heterocycles. The van der Waals surface area contributed by atoms with E-state index in [4.69, 9.17) is 18.9 Å². The normalized spacial score (nSPS) is 15.7. The van der Waals surface area contributed by atoms with Gasteiger partial charge >= 0.3 is 0 Å². The number of benzene rings is 2. The number of hydrogen-bond acceptors (Lipinski definition) is 7. The highest BCUT2D eigenvalue weighted by Gasteiger charge is 2.23. The van der Waals surface area contributed by atoms with Crippen molar-refractivity contribution >= 4 is 39.7 Å². The van der Waals surface area contributed by atoms with Crippen molar-refractivity contribution in [3.63, 3.8) is 0 Å².